The Kier molecular flexibility index (Phi) is 12.4. The van der Waals surface area contributed by atoms with Crippen LogP contribution in [0.25, 0.3) is 0 Å². The topological polar surface area (TPSA) is 118 Å². The van der Waals surface area contributed by atoms with E-state index in [0.717, 1.165) is 50.6 Å². The number of carboxylic acid groups (broad SMARTS) is 1. The molecule has 10 nitrogen and oxygen atoms in total. The monoisotopic (exact) mass is 820 g/mol. The standard InChI is InChI=1S/C25H24INO5.C16H21NO3/c1-3-30-24(25(28)29)15-17-12-13-21(18(26)14-17)31-16(2)27-19-8-4-6-10-22(19)32-23-11-7-5-9-20(23)27;1-17-12-7-8-13(17)10-14(9-12)20-16(19)15(18)11-5-3-2-4-6-11/h4-14,16,24H,3,15H2,1-2H3,(H,28,29);2-6,12-15,18H,7-10H2,1H3/t;12-,13+,14+,15?. The molecule has 11 heteroatoms. The van der Waals surface area contributed by atoms with Crippen LogP contribution in [0.5, 0.6) is 17.2 Å². The smallest absolute Gasteiger partial charge is 0.339 e. The molecule has 2 N–H and O–H groups in total. The molecule has 2 fully saturated rings. The summed E-state index contributed by atoms with van der Waals surface area (Å²) in [6, 6.07) is 31.5. The highest BCUT2D eigenvalue weighted by atomic mass is 127. The number of aliphatic hydroxyl groups excluding tert-OH is 1. The van der Waals surface area contributed by atoms with Crippen molar-refractivity contribution in [1.29, 1.82) is 0 Å². The number of piperidine rings is 1. The number of benzene rings is 4. The molecule has 0 aliphatic carbocycles. The molecule has 0 saturated carbocycles. The Morgan fingerprint density at radius 2 is 1.50 bits per heavy atom. The van der Waals surface area contributed by atoms with Gasteiger partial charge in [0.25, 0.3) is 0 Å². The van der Waals surface area contributed by atoms with Crippen molar-refractivity contribution < 1.29 is 38.7 Å². The van der Waals surface area contributed by atoms with E-state index in [1.54, 1.807) is 19.1 Å². The van der Waals surface area contributed by atoms with Crippen LogP contribution in [0.1, 0.15) is 56.8 Å². The van der Waals surface area contributed by atoms with Gasteiger partial charge in [0.15, 0.2) is 29.9 Å². The zero-order valence-corrected chi connectivity index (χ0v) is 31.7. The Labute approximate surface area is 318 Å². The molecule has 0 amide bonds. The maximum Gasteiger partial charge on any atom is 0.339 e. The highest BCUT2D eigenvalue weighted by molar-refractivity contribution is 14.1. The van der Waals surface area contributed by atoms with Gasteiger partial charge in [-0.1, -0.05) is 60.7 Å². The van der Waals surface area contributed by atoms with Crippen molar-refractivity contribution in [3.8, 4) is 17.2 Å². The third-order valence-electron chi connectivity index (χ3n) is 9.87. The molecule has 4 aromatic carbocycles. The molecule has 4 aromatic rings. The van der Waals surface area contributed by atoms with Gasteiger partial charge in [0, 0.05) is 25.1 Å². The lowest BCUT2D eigenvalue weighted by atomic mass is 10.0. The van der Waals surface area contributed by atoms with Gasteiger partial charge in [-0.15, -0.1) is 0 Å². The van der Waals surface area contributed by atoms with Gasteiger partial charge >= 0.3 is 11.9 Å². The van der Waals surface area contributed by atoms with Gasteiger partial charge in [-0.3, -0.25) is 4.90 Å². The lowest BCUT2D eigenvalue weighted by Gasteiger charge is -2.36. The number of ether oxygens (including phenoxy) is 4. The first-order valence-electron chi connectivity index (χ1n) is 17.7. The summed E-state index contributed by atoms with van der Waals surface area (Å²) in [6.07, 6.45) is 2.08. The molecule has 7 rings (SSSR count). The van der Waals surface area contributed by atoms with Crippen LogP contribution in [-0.4, -0.2) is 71.2 Å². The van der Waals surface area contributed by atoms with E-state index in [4.69, 9.17) is 18.9 Å². The number of nitrogens with zero attached hydrogens (tertiary/aromatic N) is 2. The second-order valence-corrected chi connectivity index (χ2v) is 14.4. The fourth-order valence-electron chi connectivity index (χ4n) is 7.22. The summed E-state index contributed by atoms with van der Waals surface area (Å²) in [5.74, 6) is 0.807. The van der Waals surface area contributed by atoms with E-state index in [2.05, 4.69) is 39.4 Å². The number of anilines is 2. The number of hydrogen-bond acceptors (Lipinski definition) is 9. The minimum absolute atomic E-state index is 0.0467. The zero-order chi connectivity index (χ0) is 36.8. The number of aliphatic carboxylic acids is 1. The highest BCUT2D eigenvalue weighted by Crippen LogP contribution is 2.47. The lowest BCUT2D eigenvalue weighted by Crippen LogP contribution is -2.43. The number of aliphatic hydroxyl groups is 1. The molecule has 0 aromatic heterocycles. The number of halogens is 1. The number of para-hydroxylation sites is 4. The van der Waals surface area contributed by atoms with E-state index in [-0.39, 0.29) is 12.3 Å². The van der Waals surface area contributed by atoms with E-state index in [1.807, 2.05) is 91.9 Å². The number of hydrogen-bond donors (Lipinski definition) is 2. The second kappa shape index (κ2) is 17.1. The Balaban J connectivity index is 0.000000198. The third-order valence-corrected chi connectivity index (χ3v) is 10.7. The predicted molar refractivity (Wildman–Crippen MR) is 206 cm³/mol. The Hall–Kier alpha value is -4.17. The van der Waals surface area contributed by atoms with E-state index in [1.165, 1.54) is 12.8 Å². The first kappa shape index (κ1) is 37.6. The highest BCUT2D eigenvalue weighted by Gasteiger charge is 2.40. The quantitative estimate of drug-likeness (QED) is 0.114. The number of carboxylic acids is 1. The van der Waals surface area contributed by atoms with Gasteiger partial charge in [0.05, 0.1) is 14.9 Å². The molecule has 3 heterocycles. The van der Waals surface area contributed by atoms with Gasteiger partial charge in [0.1, 0.15) is 11.9 Å². The summed E-state index contributed by atoms with van der Waals surface area (Å²) in [5, 5.41) is 19.4. The second-order valence-electron chi connectivity index (χ2n) is 13.3. The number of carbonyl (C=O) groups excluding carboxylic acids is 1. The summed E-state index contributed by atoms with van der Waals surface area (Å²) in [4.78, 5) is 28.0. The Morgan fingerprint density at radius 3 is 2.08 bits per heavy atom. The molecule has 3 aliphatic heterocycles. The number of carbonyl (C=O) groups is 2. The summed E-state index contributed by atoms with van der Waals surface area (Å²) in [7, 11) is 2.15. The average Bonchev–Trinajstić information content (AvgIpc) is 3.34. The number of rotatable bonds is 11. The van der Waals surface area contributed by atoms with Crippen molar-refractivity contribution in [3.05, 3.63) is 112 Å². The van der Waals surface area contributed by atoms with Crippen LogP contribution < -0.4 is 14.4 Å². The summed E-state index contributed by atoms with van der Waals surface area (Å²) >= 11 is 2.22. The molecule has 0 spiro atoms. The van der Waals surface area contributed by atoms with Crippen molar-refractivity contribution >= 4 is 45.9 Å². The summed E-state index contributed by atoms with van der Waals surface area (Å²) < 4.78 is 24.2. The van der Waals surface area contributed by atoms with Crippen LogP contribution in [0.3, 0.4) is 0 Å². The largest absolute Gasteiger partial charge is 0.479 e. The molecule has 3 aliphatic rings. The van der Waals surface area contributed by atoms with Crippen LogP contribution in [0.4, 0.5) is 11.4 Å². The first-order valence-corrected chi connectivity index (χ1v) is 18.8. The molecule has 0 radical (unpaired) electrons. The van der Waals surface area contributed by atoms with E-state index in [0.29, 0.717) is 30.7 Å². The average molecular weight is 821 g/mol. The normalized spacial score (nSPS) is 20.6. The molecular formula is C41H45IN2O8. The van der Waals surface area contributed by atoms with Crippen molar-refractivity contribution in [3.63, 3.8) is 0 Å². The molecule has 52 heavy (non-hydrogen) atoms. The summed E-state index contributed by atoms with van der Waals surface area (Å²) in [6.45, 7) is 4.15. The Morgan fingerprint density at radius 1 is 0.904 bits per heavy atom. The number of esters is 1. The molecule has 274 valence electrons. The van der Waals surface area contributed by atoms with Crippen molar-refractivity contribution in [2.24, 2.45) is 0 Å². The lowest BCUT2D eigenvalue weighted by molar-refractivity contribution is -0.162. The van der Waals surface area contributed by atoms with Gasteiger partial charge in [0.2, 0.25) is 0 Å². The van der Waals surface area contributed by atoms with Crippen LogP contribution in [-0.2, 0) is 25.5 Å². The maximum absolute atomic E-state index is 12.0. The van der Waals surface area contributed by atoms with E-state index in [9.17, 15) is 19.8 Å². The maximum atomic E-state index is 12.0. The molecule has 2 saturated heterocycles. The van der Waals surface area contributed by atoms with Crippen molar-refractivity contribution in [2.75, 3.05) is 18.6 Å². The fraction of sp³-hybridized carbons (Fsp3) is 0.366. The molecule has 3 unspecified atom stereocenters. The van der Waals surface area contributed by atoms with Crippen LogP contribution in [0.15, 0.2) is 97.1 Å². The Bertz CT molecular complexity index is 1780. The molecule has 6 atom stereocenters. The van der Waals surface area contributed by atoms with Gasteiger partial charge in [-0.05, 0) is 117 Å². The van der Waals surface area contributed by atoms with Gasteiger partial charge in [-0.2, -0.15) is 0 Å². The van der Waals surface area contributed by atoms with Gasteiger partial charge < -0.3 is 34.1 Å². The molecule has 2 bridgehead atoms. The third kappa shape index (κ3) is 8.71. The number of fused-ring (bicyclic) bond motifs is 4. The first-order chi connectivity index (χ1) is 25.1. The van der Waals surface area contributed by atoms with Crippen LogP contribution in [0.2, 0.25) is 0 Å². The van der Waals surface area contributed by atoms with E-state index < -0.39 is 24.1 Å². The van der Waals surface area contributed by atoms with Crippen molar-refractivity contribution in [1.82, 2.24) is 4.90 Å². The zero-order valence-electron chi connectivity index (χ0n) is 29.6. The van der Waals surface area contributed by atoms with Crippen molar-refractivity contribution in [2.45, 2.75) is 82.6 Å². The fourth-order valence-corrected chi connectivity index (χ4v) is 7.93. The molecular weight excluding hydrogens is 775 g/mol. The van der Waals surface area contributed by atoms with Gasteiger partial charge in [-0.25, -0.2) is 9.59 Å². The predicted octanol–water partition coefficient (Wildman–Crippen LogP) is 7.88. The van der Waals surface area contributed by atoms with Crippen LogP contribution in [0, 0.1) is 3.57 Å². The minimum Gasteiger partial charge on any atom is -0.479 e. The minimum atomic E-state index is -1.17. The summed E-state index contributed by atoms with van der Waals surface area (Å²) in [5.41, 5.74) is 3.35. The van der Waals surface area contributed by atoms with E-state index >= 15 is 0 Å². The SMILES string of the molecule is CCOC(Cc1ccc(OC(C)N2c3ccccc3Oc3ccccc32)c(I)c1)C(=O)O.CN1[C@@H]2CC[C@H]1C[C@@H](OC(=O)C(O)c1ccccc1)C2. The van der Waals surface area contributed by atoms with Crippen LogP contribution >= 0.6 is 22.6 Å².